The van der Waals surface area contributed by atoms with Gasteiger partial charge in [0.1, 0.15) is 0 Å². The molecule has 0 N–H and O–H groups in total. The zero-order chi connectivity index (χ0) is 31.2. The van der Waals surface area contributed by atoms with Crippen LogP contribution in [0.2, 0.25) is 0 Å². The summed E-state index contributed by atoms with van der Waals surface area (Å²) < 4.78 is 0. The average molecular weight is 598 g/mol. The molecule has 0 amide bonds. The third-order valence-electron chi connectivity index (χ3n) is 9.56. The van der Waals surface area contributed by atoms with E-state index in [-0.39, 0.29) is 5.92 Å². The highest BCUT2D eigenvalue weighted by atomic mass is 14.8. The van der Waals surface area contributed by atoms with Crippen LogP contribution in [0.25, 0.3) is 54.9 Å². The molecule has 1 atom stereocenters. The van der Waals surface area contributed by atoms with E-state index in [0.717, 1.165) is 11.4 Å². The number of hydrogen-bond acceptors (Lipinski definition) is 1. The van der Waals surface area contributed by atoms with Crippen LogP contribution in [0.5, 0.6) is 0 Å². The summed E-state index contributed by atoms with van der Waals surface area (Å²) in [4.78, 5) is 5.14. The highest BCUT2D eigenvalue weighted by Gasteiger charge is 2.29. The number of para-hydroxylation sites is 1. The second-order valence-corrected chi connectivity index (χ2v) is 12.3. The minimum Gasteiger partial charge on any atom is -0.252 e. The van der Waals surface area contributed by atoms with E-state index < -0.39 is 0 Å². The summed E-state index contributed by atoms with van der Waals surface area (Å²) in [5.41, 5.74) is 13.3. The fraction of sp³-hybridized carbons (Fsp3) is 0.0217. The predicted octanol–water partition coefficient (Wildman–Crippen LogP) is 12.3. The molecule has 1 aliphatic heterocycles. The molecular formula is C46H31N. The summed E-state index contributed by atoms with van der Waals surface area (Å²) in [6.07, 6.45) is 0. The van der Waals surface area contributed by atoms with Crippen LogP contribution in [-0.4, -0.2) is 5.71 Å². The van der Waals surface area contributed by atoms with Gasteiger partial charge in [0.25, 0.3) is 0 Å². The van der Waals surface area contributed by atoms with E-state index in [1.54, 1.807) is 0 Å². The van der Waals surface area contributed by atoms with Gasteiger partial charge in [-0.2, -0.15) is 0 Å². The molecule has 0 aliphatic carbocycles. The van der Waals surface area contributed by atoms with Crippen LogP contribution >= 0.6 is 0 Å². The SMILES string of the molecule is c1ccc(C2=Nc3ccccc3C2c2ccc(-c3c4ccccc4c(-c4ccccc4)c4ccc(-c5ccccc5)cc34)cc2)cc1. The van der Waals surface area contributed by atoms with E-state index in [4.69, 9.17) is 4.99 Å². The quantitative estimate of drug-likeness (QED) is 0.175. The Balaban J connectivity index is 1.26. The standard InChI is InChI=1S/C46H31N/c1-4-14-31(15-5-1)36-28-29-39-41(30-36)44(38-21-11-10-20-37(38)43(39)32-16-6-2-7-17-32)33-24-26-34(27-25-33)45-40-22-12-13-23-42(40)47-46(45)35-18-8-3-9-19-35/h1-30,45H. The Morgan fingerprint density at radius 1 is 0.340 bits per heavy atom. The first-order valence-electron chi connectivity index (χ1n) is 16.3. The number of benzene rings is 8. The summed E-state index contributed by atoms with van der Waals surface area (Å²) in [5.74, 6) is 0.0845. The normalized spacial score (nSPS) is 13.9. The lowest BCUT2D eigenvalue weighted by molar-refractivity contribution is 1.11. The van der Waals surface area contributed by atoms with Crippen molar-refractivity contribution in [2.75, 3.05) is 0 Å². The molecule has 8 aromatic rings. The van der Waals surface area contributed by atoms with Crippen molar-refractivity contribution in [2.45, 2.75) is 5.92 Å². The van der Waals surface area contributed by atoms with Crippen LogP contribution in [0, 0.1) is 0 Å². The van der Waals surface area contributed by atoms with Crippen molar-refractivity contribution in [3.63, 3.8) is 0 Å². The molecule has 1 nitrogen and oxygen atoms in total. The number of hydrogen-bond donors (Lipinski definition) is 0. The minimum absolute atomic E-state index is 0.0845. The molecule has 0 spiro atoms. The van der Waals surface area contributed by atoms with E-state index >= 15 is 0 Å². The molecule has 0 fully saturated rings. The summed E-state index contributed by atoms with van der Waals surface area (Å²) in [7, 11) is 0. The van der Waals surface area contributed by atoms with Gasteiger partial charge in [-0.1, -0.05) is 170 Å². The van der Waals surface area contributed by atoms with Crippen LogP contribution in [0.1, 0.15) is 22.6 Å². The highest BCUT2D eigenvalue weighted by Crippen LogP contribution is 2.46. The topological polar surface area (TPSA) is 12.4 Å². The molecule has 47 heavy (non-hydrogen) atoms. The monoisotopic (exact) mass is 597 g/mol. The molecule has 0 saturated carbocycles. The zero-order valence-corrected chi connectivity index (χ0v) is 25.8. The summed E-state index contributed by atoms with van der Waals surface area (Å²) in [5, 5.41) is 5.04. The van der Waals surface area contributed by atoms with Gasteiger partial charge in [-0.3, -0.25) is 4.99 Å². The number of fused-ring (bicyclic) bond motifs is 3. The third kappa shape index (κ3) is 4.67. The molecule has 1 aliphatic rings. The first-order valence-corrected chi connectivity index (χ1v) is 16.3. The maximum absolute atomic E-state index is 5.14. The van der Waals surface area contributed by atoms with Crippen LogP contribution < -0.4 is 0 Å². The van der Waals surface area contributed by atoms with Crippen molar-refractivity contribution in [2.24, 2.45) is 4.99 Å². The third-order valence-corrected chi connectivity index (χ3v) is 9.56. The van der Waals surface area contributed by atoms with Crippen molar-refractivity contribution in [3.05, 3.63) is 199 Å². The fourth-order valence-electron chi connectivity index (χ4n) is 7.41. The highest BCUT2D eigenvalue weighted by molar-refractivity contribution is 6.22. The first-order chi connectivity index (χ1) is 23.3. The van der Waals surface area contributed by atoms with Gasteiger partial charge in [-0.15, -0.1) is 0 Å². The molecule has 9 rings (SSSR count). The molecule has 220 valence electrons. The van der Waals surface area contributed by atoms with Crippen molar-refractivity contribution in [3.8, 4) is 33.4 Å². The van der Waals surface area contributed by atoms with Crippen molar-refractivity contribution in [1.82, 2.24) is 0 Å². The second kappa shape index (κ2) is 11.4. The van der Waals surface area contributed by atoms with Gasteiger partial charge < -0.3 is 0 Å². The van der Waals surface area contributed by atoms with Crippen molar-refractivity contribution < 1.29 is 0 Å². The predicted molar refractivity (Wildman–Crippen MR) is 199 cm³/mol. The molecule has 0 aromatic heterocycles. The Hall–Kier alpha value is -6.05. The molecule has 8 aromatic carbocycles. The lowest BCUT2D eigenvalue weighted by atomic mass is 9.83. The van der Waals surface area contributed by atoms with E-state index in [2.05, 4.69) is 182 Å². The number of aliphatic imine (C=N–C) groups is 1. The van der Waals surface area contributed by atoms with Crippen LogP contribution in [0.15, 0.2) is 187 Å². The van der Waals surface area contributed by atoms with Gasteiger partial charge in [0.15, 0.2) is 0 Å². The molecule has 1 heteroatoms. The Kier molecular flexibility index (Phi) is 6.61. The lowest BCUT2D eigenvalue weighted by Gasteiger charge is -2.20. The summed E-state index contributed by atoms with van der Waals surface area (Å²) >= 11 is 0. The van der Waals surface area contributed by atoms with Gasteiger partial charge in [0.05, 0.1) is 17.3 Å². The molecule has 0 radical (unpaired) electrons. The van der Waals surface area contributed by atoms with Crippen LogP contribution in [0.3, 0.4) is 0 Å². The Morgan fingerprint density at radius 2 is 0.830 bits per heavy atom. The Bertz CT molecular complexity index is 2420. The van der Waals surface area contributed by atoms with Crippen molar-refractivity contribution >= 4 is 32.9 Å². The Morgan fingerprint density at radius 3 is 1.51 bits per heavy atom. The summed E-state index contributed by atoms with van der Waals surface area (Å²) in [6.45, 7) is 0. The molecule has 1 heterocycles. The zero-order valence-electron chi connectivity index (χ0n) is 25.8. The molecular weight excluding hydrogens is 567 g/mol. The van der Waals surface area contributed by atoms with Gasteiger partial charge >= 0.3 is 0 Å². The van der Waals surface area contributed by atoms with Crippen LogP contribution in [-0.2, 0) is 0 Å². The maximum Gasteiger partial charge on any atom is 0.0675 e. The van der Waals surface area contributed by atoms with Crippen molar-refractivity contribution in [1.29, 1.82) is 0 Å². The van der Waals surface area contributed by atoms with Gasteiger partial charge in [0.2, 0.25) is 0 Å². The average Bonchev–Trinajstić information content (AvgIpc) is 3.54. The molecule has 1 unspecified atom stereocenters. The lowest BCUT2D eigenvalue weighted by Crippen LogP contribution is -2.11. The molecule has 0 saturated heterocycles. The fourth-order valence-corrected chi connectivity index (χ4v) is 7.41. The maximum atomic E-state index is 5.14. The van der Waals surface area contributed by atoms with E-state index in [9.17, 15) is 0 Å². The first kappa shape index (κ1) is 27.3. The van der Waals surface area contributed by atoms with Crippen LogP contribution in [0.4, 0.5) is 5.69 Å². The number of nitrogens with zero attached hydrogens (tertiary/aromatic N) is 1. The largest absolute Gasteiger partial charge is 0.252 e. The second-order valence-electron chi connectivity index (χ2n) is 12.3. The molecule has 0 bridgehead atoms. The Labute approximate surface area is 275 Å². The van der Waals surface area contributed by atoms with E-state index in [1.807, 2.05) is 0 Å². The van der Waals surface area contributed by atoms with E-state index in [1.165, 1.54) is 71.6 Å². The number of rotatable bonds is 5. The summed E-state index contributed by atoms with van der Waals surface area (Å²) in [6, 6.07) is 65.8. The van der Waals surface area contributed by atoms with Gasteiger partial charge in [-0.05, 0) is 83.7 Å². The van der Waals surface area contributed by atoms with E-state index in [0.29, 0.717) is 0 Å². The van der Waals surface area contributed by atoms with Gasteiger partial charge in [-0.25, -0.2) is 0 Å². The minimum atomic E-state index is 0.0845. The van der Waals surface area contributed by atoms with Gasteiger partial charge in [0, 0.05) is 0 Å². The smallest absolute Gasteiger partial charge is 0.0675 e.